The molecule has 0 unspecified atom stereocenters. The Morgan fingerprint density at radius 3 is 2.48 bits per heavy atom. The molecular weight excluding hydrogens is 390 g/mol. The van der Waals surface area contributed by atoms with Crippen molar-refractivity contribution in [3.05, 3.63) is 71.9 Å². The highest BCUT2D eigenvalue weighted by molar-refractivity contribution is 5.86. The van der Waals surface area contributed by atoms with Crippen LogP contribution in [-0.2, 0) is 11.2 Å². The Labute approximate surface area is 180 Å². The Kier molecular flexibility index (Phi) is 5.08. The summed E-state index contributed by atoms with van der Waals surface area (Å²) in [6.07, 6.45) is 0.252. The molecule has 0 radical (unpaired) electrons. The van der Waals surface area contributed by atoms with Crippen LogP contribution >= 0.6 is 0 Å². The molecule has 5 rings (SSSR count). The van der Waals surface area contributed by atoms with Crippen LogP contribution in [0.25, 0.3) is 22.2 Å². The van der Waals surface area contributed by atoms with Gasteiger partial charge in [0.25, 0.3) is 0 Å². The monoisotopic (exact) mass is 413 g/mol. The number of aromatic nitrogens is 3. The third kappa shape index (κ3) is 3.86. The fourth-order valence-corrected chi connectivity index (χ4v) is 4.00. The van der Waals surface area contributed by atoms with Gasteiger partial charge in [-0.15, -0.1) is 10.2 Å². The first-order valence-corrected chi connectivity index (χ1v) is 10.4. The molecule has 2 aromatic heterocycles. The van der Waals surface area contributed by atoms with E-state index in [1.165, 1.54) is 5.56 Å². The fraction of sp³-hybridized carbons (Fsp3) is 0.250. The number of fused-ring (bicyclic) bond motifs is 1. The highest BCUT2D eigenvalue weighted by Crippen LogP contribution is 2.23. The second-order valence-corrected chi connectivity index (χ2v) is 7.76. The minimum Gasteiger partial charge on any atom is -0.356 e. The molecule has 0 aliphatic carbocycles. The maximum Gasteiger partial charge on any atom is 0.228 e. The summed E-state index contributed by atoms with van der Waals surface area (Å²) < 4.78 is 5.32. The summed E-state index contributed by atoms with van der Waals surface area (Å²) in [5, 5.41) is 13.8. The first kappa shape index (κ1) is 19.2. The molecule has 0 spiro atoms. The van der Waals surface area contributed by atoms with Crippen molar-refractivity contribution in [2.45, 2.75) is 13.3 Å². The minimum absolute atomic E-state index is 0.0692. The van der Waals surface area contributed by atoms with E-state index in [4.69, 9.17) is 4.52 Å². The van der Waals surface area contributed by atoms with Gasteiger partial charge in [-0.05, 0) is 36.8 Å². The van der Waals surface area contributed by atoms with Crippen molar-refractivity contribution in [1.82, 2.24) is 20.3 Å². The highest BCUT2D eigenvalue weighted by Gasteiger charge is 2.24. The minimum atomic E-state index is 0.0692. The smallest absolute Gasteiger partial charge is 0.228 e. The molecular formula is C24H23N5O2. The van der Waals surface area contributed by atoms with E-state index in [1.807, 2.05) is 53.4 Å². The number of nitrogens with zero attached hydrogens (tertiary/aromatic N) is 5. The van der Waals surface area contributed by atoms with E-state index in [-0.39, 0.29) is 12.3 Å². The molecule has 1 fully saturated rings. The lowest BCUT2D eigenvalue weighted by Crippen LogP contribution is -2.49. The maximum absolute atomic E-state index is 12.8. The number of anilines is 1. The van der Waals surface area contributed by atoms with Crippen molar-refractivity contribution in [2.75, 3.05) is 31.1 Å². The number of hydrogen-bond donors (Lipinski definition) is 0. The predicted molar refractivity (Wildman–Crippen MR) is 119 cm³/mol. The van der Waals surface area contributed by atoms with Gasteiger partial charge in [0.1, 0.15) is 5.69 Å². The molecule has 0 atom stereocenters. The topological polar surface area (TPSA) is 75.4 Å². The number of hydrogen-bond acceptors (Lipinski definition) is 6. The first-order valence-electron chi connectivity index (χ1n) is 10.4. The van der Waals surface area contributed by atoms with Gasteiger partial charge in [0.2, 0.25) is 5.91 Å². The maximum atomic E-state index is 12.8. The van der Waals surface area contributed by atoms with Crippen LogP contribution in [0.2, 0.25) is 0 Å². The Balaban J connectivity index is 1.21. The average molecular weight is 413 g/mol. The Bertz CT molecular complexity index is 1210. The van der Waals surface area contributed by atoms with Gasteiger partial charge < -0.3 is 14.3 Å². The molecule has 1 amide bonds. The summed E-state index contributed by atoms with van der Waals surface area (Å²) in [5.41, 5.74) is 4.55. The highest BCUT2D eigenvalue weighted by atomic mass is 16.5. The van der Waals surface area contributed by atoms with Gasteiger partial charge in [0, 0.05) is 37.1 Å². The lowest BCUT2D eigenvalue weighted by molar-refractivity contribution is -0.130. The number of carbonyl (C=O) groups is 1. The number of para-hydroxylation sites is 1. The van der Waals surface area contributed by atoms with Crippen molar-refractivity contribution in [2.24, 2.45) is 0 Å². The quantitative estimate of drug-likeness (QED) is 0.510. The molecule has 0 saturated carbocycles. The molecule has 1 aliphatic heterocycles. The lowest BCUT2D eigenvalue weighted by atomic mass is 10.1. The van der Waals surface area contributed by atoms with Crippen LogP contribution in [0.3, 0.4) is 0 Å². The number of piperazine rings is 1. The second-order valence-electron chi connectivity index (χ2n) is 7.76. The molecule has 156 valence electrons. The van der Waals surface area contributed by atoms with Gasteiger partial charge in [0.05, 0.1) is 12.1 Å². The van der Waals surface area contributed by atoms with Crippen molar-refractivity contribution in [3.63, 3.8) is 0 Å². The van der Waals surface area contributed by atoms with Gasteiger partial charge in [0.15, 0.2) is 11.4 Å². The first-order chi connectivity index (χ1) is 15.2. The summed E-state index contributed by atoms with van der Waals surface area (Å²) in [4.78, 5) is 16.8. The van der Waals surface area contributed by atoms with E-state index >= 15 is 0 Å². The van der Waals surface area contributed by atoms with Crippen LogP contribution in [0.4, 0.5) is 5.82 Å². The van der Waals surface area contributed by atoms with Crippen LogP contribution in [0.15, 0.2) is 65.2 Å². The Morgan fingerprint density at radius 2 is 1.71 bits per heavy atom. The summed E-state index contributed by atoms with van der Waals surface area (Å²) in [6, 6.07) is 19.8. The summed E-state index contributed by atoms with van der Waals surface area (Å²) in [7, 11) is 0. The predicted octanol–water partition coefficient (Wildman–Crippen LogP) is 3.48. The van der Waals surface area contributed by atoms with E-state index < -0.39 is 0 Å². The van der Waals surface area contributed by atoms with Gasteiger partial charge in [-0.2, -0.15) is 0 Å². The van der Waals surface area contributed by atoms with Gasteiger partial charge in [-0.25, -0.2) is 0 Å². The second kappa shape index (κ2) is 8.18. The zero-order valence-electron chi connectivity index (χ0n) is 17.4. The standard InChI is InChI=1S/C24H23N5O2/c1-17-6-2-3-7-18(17)20-10-11-23(26-25-20)28-12-14-29(15-13-28)24(30)16-21-19-8-4-5-9-22(19)31-27-21/h2-11H,12-16H2,1H3. The third-order valence-electron chi connectivity index (χ3n) is 5.80. The van der Waals surface area contributed by atoms with E-state index in [0.29, 0.717) is 24.4 Å². The molecule has 7 heteroatoms. The van der Waals surface area contributed by atoms with Gasteiger partial charge in [-0.3, -0.25) is 4.79 Å². The molecule has 2 aromatic carbocycles. The van der Waals surface area contributed by atoms with Crippen molar-refractivity contribution in [1.29, 1.82) is 0 Å². The summed E-state index contributed by atoms with van der Waals surface area (Å²) in [5.74, 6) is 0.909. The normalized spacial score (nSPS) is 14.2. The van der Waals surface area contributed by atoms with E-state index in [1.54, 1.807) is 0 Å². The number of amides is 1. The fourth-order valence-electron chi connectivity index (χ4n) is 4.00. The van der Waals surface area contributed by atoms with Gasteiger partial charge in [-0.1, -0.05) is 41.6 Å². The summed E-state index contributed by atoms with van der Waals surface area (Å²) >= 11 is 0. The van der Waals surface area contributed by atoms with Crippen LogP contribution in [-0.4, -0.2) is 52.3 Å². The summed E-state index contributed by atoms with van der Waals surface area (Å²) in [6.45, 7) is 4.82. The average Bonchev–Trinajstić information content (AvgIpc) is 3.22. The van der Waals surface area contributed by atoms with E-state index in [0.717, 1.165) is 35.6 Å². The van der Waals surface area contributed by atoms with E-state index in [9.17, 15) is 4.79 Å². The zero-order chi connectivity index (χ0) is 21.2. The molecule has 1 aliphatic rings. The van der Waals surface area contributed by atoms with Crippen molar-refractivity contribution >= 4 is 22.7 Å². The van der Waals surface area contributed by atoms with Crippen molar-refractivity contribution in [3.8, 4) is 11.3 Å². The third-order valence-corrected chi connectivity index (χ3v) is 5.80. The zero-order valence-corrected chi connectivity index (χ0v) is 17.4. The lowest BCUT2D eigenvalue weighted by Gasteiger charge is -2.35. The van der Waals surface area contributed by atoms with Crippen LogP contribution in [0.1, 0.15) is 11.3 Å². The van der Waals surface area contributed by atoms with Crippen LogP contribution < -0.4 is 4.90 Å². The molecule has 3 heterocycles. The number of benzene rings is 2. The van der Waals surface area contributed by atoms with Crippen LogP contribution in [0.5, 0.6) is 0 Å². The number of rotatable bonds is 4. The molecule has 0 bridgehead atoms. The SMILES string of the molecule is Cc1ccccc1-c1ccc(N2CCN(C(=O)Cc3noc4ccccc34)CC2)nn1. The molecule has 4 aromatic rings. The number of aryl methyl sites for hydroxylation is 1. The molecule has 0 N–H and O–H groups in total. The van der Waals surface area contributed by atoms with E-state index in [2.05, 4.69) is 39.3 Å². The Hall–Kier alpha value is -3.74. The largest absolute Gasteiger partial charge is 0.356 e. The molecule has 31 heavy (non-hydrogen) atoms. The van der Waals surface area contributed by atoms with Crippen molar-refractivity contribution < 1.29 is 9.32 Å². The molecule has 7 nitrogen and oxygen atoms in total. The Morgan fingerprint density at radius 1 is 0.935 bits per heavy atom. The molecule has 1 saturated heterocycles. The van der Waals surface area contributed by atoms with Gasteiger partial charge >= 0.3 is 0 Å². The van der Waals surface area contributed by atoms with Crippen LogP contribution in [0, 0.1) is 6.92 Å². The number of carbonyl (C=O) groups excluding carboxylic acids is 1.